The van der Waals surface area contributed by atoms with Crippen LogP contribution >= 0.6 is 0 Å². The van der Waals surface area contributed by atoms with Gasteiger partial charge in [-0.2, -0.15) is 0 Å². The first-order valence-electron chi connectivity index (χ1n) is 7.11. The maximum Gasteiger partial charge on any atom is 0.196 e. The van der Waals surface area contributed by atoms with E-state index < -0.39 is 14.1 Å². The summed E-state index contributed by atoms with van der Waals surface area (Å²) in [4.78, 5) is 12.3. The summed E-state index contributed by atoms with van der Waals surface area (Å²) in [7, 11) is -1.98. The van der Waals surface area contributed by atoms with Gasteiger partial charge < -0.3 is 9.16 Å². The van der Waals surface area contributed by atoms with Gasteiger partial charge in [0.25, 0.3) is 0 Å². The molecule has 0 aromatic heterocycles. The molecule has 0 aromatic carbocycles. The minimum Gasteiger partial charge on any atom is -0.386 e. The first kappa shape index (κ1) is 14.9. The lowest BCUT2D eigenvalue weighted by atomic mass is 9.86. The average molecular weight is 282 g/mol. The van der Waals surface area contributed by atoms with E-state index in [-0.39, 0.29) is 28.8 Å². The molecule has 4 atom stereocenters. The van der Waals surface area contributed by atoms with Crippen LogP contribution in [0.1, 0.15) is 34.6 Å². The fraction of sp³-hybridized carbons (Fsp3) is 0.800. The Morgan fingerprint density at radius 1 is 1.32 bits per heavy atom. The van der Waals surface area contributed by atoms with Crippen molar-refractivity contribution in [3.63, 3.8) is 0 Å². The number of ether oxygens (including phenoxy) is 1. The van der Waals surface area contributed by atoms with E-state index in [0.29, 0.717) is 0 Å². The van der Waals surface area contributed by atoms with Crippen molar-refractivity contribution >= 4 is 14.1 Å². The van der Waals surface area contributed by atoms with Crippen molar-refractivity contribution in [3.05, 3.63) is 12.2 Å². The largest absolute Gasteiger partial charge is 0.386 e. The van der Waals surface area contributed by atoms with Gasteiger partial charge in [0.1, 0.15) is 5.78 Å². The Hall–Kier alpha value is -0.453. The van der Waals surface area contributed by atoms with Crippen molar-refractivity contribution in [2.24, 2.45) is 11.8 Å². The number of rotatable bonds is 2. The maximum absolute atomic E-state index is 12.3. The molecule has 2 aliphatic rings. The van der Waals surface area contributed by atoms with E-state index in [1.807, 2.05) is 26.0 Å². The van der Waals surface area contributed by atoms with Crippen molar-refractivity contribution in [1.29, 1.82) is 0 Å². The third kappa shape index (κ3) is 2.24. The molecule has 2 aliphatic heterocycles. The topological polar surface area (TPSA) is 35.5 Å². The molecule has 3 nitrogen and oxygen atoms in total. The Kier molecular flexibility index (Phi) is 3.36. The van der Waals surface area contributed by atoms with Crippen LogP contribution in [0.3, 0.4) is 0 Å². The summed E-state index contributed by atoms with van der Waals surface area (Å²) in [6.07, 6.45) is 3.86. The number of hydrogen-bond acceptors (Lipinski definition) is 3. The molecule has 0 saturated carbocycles. The summed E-state index contributed by atoms with van der Waals surface area (Å²) in [5.74, 6) is -0.867. The molecular weight excluding hydrogens is 256 g/mol. The highest BCUT2D eigenvalue weighted by atomic mass is 28.4. The van der Waals surface area contributed by atoms with Crippen LogP contribution in [0.15, 0.2) is 12.2 Å². The predicted molar refractivity (Wildman–Crippen MR) is 78.4 cm³/mol. The summed E-state index contributed by atoms with van der Waals surface area (Å²) in [6.45, 7) is 14.9. The maximum atomic E-state index is 12.3. The van der Waals surface area contributed by atoms with E-state index >= 15 is 0 Å². The molecule has 108 valence electrons. The van der Waals surface area contributed by atoms with Crippen LogP contribution in [0.2, 0.25) is 18.1 Å². The molecule has 0 radical (unpaired) electrons. The van der Waals surface area contributed by atoms with E-state index in [4.69, 9.17) is 9.16 Å². The zero-order valence-corrected chi connectivity index (χ0v) is 14.1. The molecule has 0 spiro atoms. The number of fused-ring (bicyclic) bond motifs is 2. The van der Waals surface area contributed by atoms with Crippen molar-refractivity contribution in [3.8, 4) is 0 Å². The molecule has 2 heterocycles. The van der Waals surface area contributed by atoms with Gasteiger partial charge in [0.2, 0.25) is 0 Å². The standard InChI is InChI=1S/C15H26O3Si/c1-10-12-8-9-15(17-12,11(2)13(10)16)18-19(6,7)14(3,4)5/h8-12H,1-7H3/t10-,11-,12+,15+/m1/s1. The van der Waals surface area contributed by atoms with Crippen LogP contribution in [0.5, 0.6) is 0 Å². The van der Waals surface area contributed by atoms with E-state index in [9.17, 15) is 4.79 Å². The average Bonchev–Trinajstić information content (AvgIpc) is 2.65. The van der Waals surface area contributed by atoms with Crippen LogP contribution in [0, 0.1) is 11.8 Å². The third-order valence-corrected chi connectivity index (χ3v) is 9.47. The van der Waals surface area contributed by atoms with Crippen molar-refractivity contribution in [2.75, 3.05) is 0 Å². The lowest BCUT2D eigenvalue weighted by molar-refractivity contribution is -0.220. The number of carbonyl (C=O) groups is 1. The van der Waals surface area contributed by atoms with Gasteiger partial charge in [-0.15, -0.1) is 0 Å². The summed E-state index contributed by atoms with van der Waals surface area (Å²) < 4.78 is 12.6. The van der Waals surface area contributed by atoms with Crippen LogP contribution in [-0.4, -0.2) is 26.0 Å². The fourth-order valence-electron chi connectivity index (χ4n) is 2.49. The summed E-state index contributed by atoms with van der Waals surface area (Å²) in [5.41, 5.74) is 0. The van der Waals surface area contributed by atoms with Crippen LogP contribution in [0.4, 0.5) is 0 Å². The summed E-state index contributed by atoms with van der Waals surface area (Å²) in [5, 5.41) is 0.100. The van der Waals surface area contributed by atoms with Gasteiger partial charge in [-0.1, -0.05) is 33.8 Å². The fourth-order valence-corrected chi connectivity index (χ4v) is 3.88. The van der Waals surface area contributed by atoms with Crippen molar-refractivity contribution in [1.82, 2.24) is 0 Å². The quantitative estimate of drug-likeness (QED) is 0.574. The van der Waals surface area contributed by atoms with Gasteiger partial charge in [0, 0.05) is 5.92 Å². The van der Waals surface area contributed by atoms with Crippen molar-refractivity contribution in [2.45, 2.75) is 64.6 Å². The Morgan fingerprint density at radius 3 is 2.42 bits per heavy atom. The second-order valence-corrected chi connectivity index (χ2v) is 12.2. The SMILES string of the molecule is C[C@@H]1C(=O)[C@H](C)[C@@H]2C=C[C@@]1(O[Si](C)(C)C(C)(C)C)O2. The second-order valence-electron chi connectivity index (χ2n) is 7.44. The molecule has 4 heteroatoms. The summed E-state index contributed by atoms with van der Waals surface area (Å²) >= 11 is 0. The Labute approximate surface area is 117 Å². The molecule has 19 heavy (non-hydrogen) atoms. The van der Waals surface area contributed by atoms with Gasteiger partial charge in [0.15, 0.2) is 14.1 Å². The van der Waals surface area contributed by atoms with Crippen LogP contribution in [0.25, 0.3) is 0 Å². The van der Waals surface area contributed by atoms with Gasteiger partial charge in [-0.25, -0.2) is 0 Å². The number of Topliss-reactive ketones (excluding diaryl/α,β-unsaturated/α-hetero) is 1. The predicted octanol–water partition coefficient (Wildman–Crippen LogP) is 3.51. The molecule has 0 aliphatic carbocycles. The molecular formula is C15H26O3Si. The van der Waals surface area contributed by atoms with Crippen LogP contribution < -0.4 is 0 Å². The normalized spacial score (nSPS) is 38.9. The Balaban J connectivity index is 2.30. The molecule has 1 saturated heterocycles. The van der Waals surface area contributed by atoms with Gasteiger partial charge in [-0.05, 0) is 31.1 Å². The van der Waals surface area contributed by atoms with E-state index in [1.165, 1.54) is 0 Å². The number of hydrogen-bond donors (Lipinski definition) is 0. The summed E-state index contributed by atoms with van der Waals surface area (Å²) in [6, 6.07) is 0. The second kappa shape index (κ2) is 4.27. The highest BCUT2D eigenvalue weighted by Crippen LogP contribution is 2.47. The third-order valence-electron chi connectivity index (χ3n) is 5.03. The molecule has 0 aromatic rings. The van der Waals surface area contributed by atoms with E-state index in [0.717, 1.165) is 0 Å². The van der Waals surface area contributed by atoms with Gasteiger partial charge >= 0.3 is 0 Å². The zero-order chi connectivity index (χ0) is 14.6. The van der Waals surface area contributed by atoms with E-state index in [2.05, 4.69) is 33.9 Å². The highest BCUT2D eigenvalue weighted by Gasteiger charge is 2.56. The first-order valence-corrected chi connectivity index (χ1v) is 10.0. The first-order chi connectivity index (χ1) is 8.50. The number of ketones is 1. The lowest BCUT2D eigenvalue weighted by Gasteiger charge is -2.47. The molecule has 0 unspecified atom stereocenters. The zero-order valence-electron chi connectivity index (χ0n) is 13.1. The molecule has 0 N–H and O–H groups in total. The molecule has 1 fully saturated rings. The van der Waals surface area contributed by atoms with Crippen molar-refractivity contribution < 1.29 is 14.0 Å². The minimum atomic E-state index is -1.98. The highest BCUT2D eigenvalue weighted by molar-refractivity contribution is 6.74. The van der Waals surface area contributed by atoms with E-state index in [1.54, 1.807) is 0 Å². The number of carbonyl (C=O) groups excluding carboxylic acids is 1. The minimum absolute atomic E-state index is 0.0649. The lowest BCUT2D eigenvalue weighted by Crippen LogP contribution is -2.58. The Bertz CT molecular complexity index is 422. The van der Waals surface area contributed by atoms with Crippen LogP contribution in [-0.2, 0) is 14.0 Å². The molecule has 2 rings (SSSR count). The smallest absolute Gasteiger partial charge is 0.196 e. The van der Waals surface area contributed by atoms with Gasteiger partial charge in [-0.3, -0.25) is 4.79 Å². The monoisotopic (exact) mass is 282 g/mol. The van der Waals surface area contributed by atoms with Gasteiger partial charge in [0.05, 0.1) is 12.0 Å². The Morgan fingerprint density at radius 2 is 1.89 bits per heavy atom. The molecule has 2 bridgehead atoms. The molecule has 0 amide bonds.